The normalized spacial score (nSPS) is 27.9. The number of alkyl halides is 3. The van der Waals surface area contributed by atoms with Crippen LogP contribution in [-0.4, -0.2) is 79.8 Å². The lowest BCUT2D eigenvalue weighted by Gasteiger charge is -2.24. The van der Waals surface area contributed by atoms with Gasteiger partial charge in [-0.25, -0.2) is 0 Å². The van der Waals surface area contributed by atoms with Gasteiger partial charge in [0.05, 0.1) is 6.54 Å². The van der Waals surface area contributed by atoms with Gasteiger partial charge in [0.1, 0.15) is 0 Å². The molecule has 9 heteroatoms. The second-order valence-electron chi connectivity index (χ2n) is 8.29. The lowest BCUT2D eigenvalue weighted by atomic mass is 10.1. The second kappa shape index (κ2) is 11.2. The lowest BCUT2D eigenvalue weighted by Crippen LogP contribution is -2.45. The zero-order valence-corrected chi connectivity index (χ0v) is 19.1. The summed E-state index contributed by atoms with van der Waals surface area (Å²) in [6.45, 7) is 5.83. The Kier molecular flexibility index (Phi) is 9.59. The molecule has 164 valence electrons. The first kappa shape index (κ1) is 24.0. The molecule has 2 aliphatic heterocycles. The van der Waals surface area contributed by atoms with Crippen LogP contribution < -0.4 is 10.6 Å². The average Bonchev–Trinajstić information content (AvgIpc) is 3.33. The Hall–Kier alpha value is -0.290. The third-order valence-corrected chi connectivity index (χ3v) is 6.03. The van der Waals surface area contributed by atoms with Gasteiger partial charge < -0.3 is 10.6 Å². The van der Waals surface area contributed by atoms with Crippen molar-refractivity contribution in [2.24, 2.45) is 10.9 Å². The third kappa shape index (κ3) is 7.51. The number of guanidine groups is 1. The highest BCUT2D eigenvalue weighted by atomic mass is 127. The monoisotopic (exact) mass is 517 g/mol. The van der Waals surface area contributed by atoms with Gasteiger partial charge in [0.25, 0.3) is 0 Å². The first-order valence-corrected chi connectivity index (χ1v) is 10.5. The SMILES string of the molecule is CCNC(=NCC1CCN(CC(F)(F)F)C1)NC1CCN(C2CCCC2)C1.I. The molecule has 0 aromatic rings. The predicted octanol–water partition coefficient (Wildman–Crippen LogP) is 3.06. The van der Waals surface area contributed by atoms with Crippen LogP contribution in [0.1, 0.15) is 45.4 Å². The van der Waals surface area contributed by atoms with Gasteiger partial charge in [-0.1, -0.05) is 12.8 Å². The summed E-state index contributed by atoms with van der Waals surface area (Å²) in [5, 5.41) is 6.84. The van der Waals surface area contributed by atoms with Crippen molar-refractivity contribution < 1.29 is 13.2 Å². The highest BCUT2D eigenvalue weighted by Crippen LogP contribution is 2.26. The molecule has 3 fully saturated rings. The number of likely N-dealkylation sites (tertiary alicyclic amines) is 2. The van der Waals surface area contributed by atoms with Crippen molar-refractivity contribution in [1.29, 1.82) is 0 Å². The minimum atomic E-state index is -4.11. The maximum Gasteiger partial charge on any atom is 0.401 e. The molecule has 1 aliphatic carbocycles. The van der Waals surface area contributed by atoms with Gasteiger partial charge in [0, 0.05) is 44.8 Å². The quantitative estimate of drug-likeness (QED) is 0.323. The largest absolute Gasteiger partial charge is 0.401 e. The summed E-state index contributed by atoms with van der Waals surface area (Å²) < 4.78 is 37.6. The molecule has 3 rings (SSSR count). The number of hydrogen-bond donors (Lipinski definition) is 2. The summed E-state index contributed by atoms with van der Waals surface area (Å²) in [4.78, 5) is 8.79. The zero-order chi connectivity index (χ0) is 19.3. The first-order chi connectivity index (χ1) is 12.9. The minimum Gasteiger partial charge on any atom is -0.357 e. The molecule has 0 radical (unpaired) electrons. The van der Waals surface area contributed by atoms with E-state index in [2.05, 4.69) is 20.5 Å². The van der Waals surface area contributed by atoms with E-state index in [1.54, 1.807) is 0 Å². The Morgan fingerprint density at radius 1 is 1.07 bits per heavy atom. The minimum absolute atomic E-state index is 0. The molecule has 0 aromatic carbocycles. The Labute approximate surface area is 183 Å². The van der Waals surface area contributed by atoms with E-state index in [0.29, 0.717) is 25.7 Å². The lowest BCUT2D eigenvalue weighted by molar-refractivity contribution is -0.143. The highest BCUT2D eigenvalue weighted by Gasteiger charge is 2.34. The van der Waals surface area contributed by atoms with Gasteiger partial charge in [-0.2, -0.15) is 13.2 Å². The van der Waals surface area contributed by atoms with Crippen LogP contribution >= 0.6 is 24.0 Å². The standard InChI is InChI=1S/C19H34F3N5.HI/c1-2-23-18(24-11-15-7-9-26(12-15)14-19(20,21)22)25-16-8-10-27(13-16)17-5-3-4-6-17;/h15-17H,2-14H2,1H3,(H2,23,24,25);1H. The summed E-state index contributed by atoms with van der Waals surface area (Å²) in [5.41, 5.74) is 0. The molecule has 2 saturated heterocycles. The average molecular weight is 517 g/mol. The van der Waals surface area contributed by atoms with Crippen LogP contribution in [0.2, 0.25) is 0 Å². The van der Waals surface area contributed by atoms with E-state index in [-0.39, 0.29) is 29.9 Å². The van der Waals surface area contributed by atoms with Crippen LogP contribution in [0.25, 0.3) is 0 Å². The van der Waals surface area contributed by atoms with Gasteiger partial charge in [0.2, 0.25) is 0 Å². The number of hydrogen-bond acceptors (Lipinski definition) is 3. The smallest absolute Gasteiger partial charge is 0.357 e. The number of nitrogens with zero attached hydrogens (tertiary/aromatic N) is 3. The van der Waals surface area contributed by atoms with Gasteiger partial charge in [0.15, 0.2) is 5.96 Å². The van der Waals surface area contributed by atoms with E-state index in [1.165, 1.54) is 30.6 Å². The summed E-state index contributed by atoms with van der Waals surface area (Å²) in [5.74, 6) is 1.02. The van der Waals surface area contributed by atoms with Crippen molar-refractivity contribution in [2.45, 2.75) is 63.7 Å². The van der Waals surface area contributed by atoms with Gasteiger partial charge >= 0.3 is 6.18 Å². The number of halogens is 4. The molecular weight excluding hydrogens is 482 g/mol. The fourth-order valence-corrected chi connectivity index (χ4v) is 4.70. The van der Waals surface area contributed by atoms with Crippen LogP contribution in [0.4, 0.5) is 13.2 Å². The van der Waals surface area contributed by atoms with E-state index < -0.39 is 12.7 Å². The Morgan fingerprint density at radius 3 is 2.50 bits per heavy atom. The van der Waals surface area contributed by atoms with Gasteiger partial charge in [-0.3, -0.25) is 14.8 Å². The number of rotatable bonds is 6. The van der Waals surface area contributed by atoms with Crippen molar-refractivity contribution in [3.8, 4) is 0 Å². The molecule has 5 nitrogen and oxygen atoms in total. The Morgan fingerprint density at radius 2 is 1.82 bits per heavy atom. The molecular formula is C19H35F3IN5. The molecule has 0 aromatic heterocycles. The van der Waals surface area contributed by atoms with E-state index in [0.717, 1.165) is 44.5 Å². The highest BCUT2D eigenvalue weighted by molar-refractivity contribution is 14.0. The maximum absolute atomic E-state index is 12.5. The molecule has 0 spiro atoms. The molecule has 2 heterocycles. The summed E-state index contributed by atoms with van der Waals surface area (Å²) in [6.07, 6.45) is 3.18. The van der Waals surface area contributed by atoms with Crippen LogP contribution in [0.5, 0.6) is 0 Å². The fourth-order valence-electron chi connectivity index (χ4n) is 4.70. The van der Waals surface area contributed by atoms with Crippen LogP contribution in [0, 0.1) is 5.92 Å². The summed E-state index contributed by atoms with van der Waals surface area (Å²) in [6, 6.07) is 1.17. The van der Waals surface area contributed by atoms with Crippen molar-refractivity contribution in [2.75, 3.05) is 45.8 Å². The van der Waals surface area contributed by atoms with Crippen molar-refractivity contribution in [3.05, 3.63) is 0 Å². The Bertz CT molecular complexity index is 496. The van der Waals surface area contributed by atoms with Crippen LogP contribution in [0.3, 0.4) is 0 Å². The first-order valence-electron chi connectivity index (χ1n) is 10.5. The molecule has 0 bridgehead atoms. The van der Waals surface area contributed by atoms with Gasteiger partial charge in [-0.05, 0) is 45.1 Å². The van der Waals surface area contributed by atoms with E-state index in [4.69, 9.17) is 0 Å². The second-order valence-corrected chi connectivity index (χ2v) is 8.29. The number of aliphatic imine (C=N–C) groups is 1. The fraction of sp³-hybridized carbons (Fsp3) is 0.947. The topological polar surface area (TPSA) is 42.9 Å². The van der Waals surface area contributed by atoms with Crippen LogP contribution in [-0.2, 0) is 0 Å². The van der Waals surface area contributed by atoms with Gasteiger partial charge in [-0.15, -0.1) is 24.0 Å². The molecule has 3 aliphatic rings. The third-order valence-electron chi connectivity index (χ3n) is 6.03. The number of nitrogens with one attached hydrogen (secondary N) is 2. The van der Waals surface area contributed by atoms with E-state index >= 15 is 0 Å². The zero-order valence-electron chi connectivity index (χ0n) is 16.8. The molecule has 1 saturated carbocycles. The van der Waals surface area contributed by atoms with Crippen molar-refractivity contribution in [1.82, 2.24) is 20.4 Å². The molecule has 2 atom stereocenters. The van der Waals surface area contributed by atoms with Crippen molar-refractivity contribution >= 4 is 29.9 Å². The maximum atomic E-state index is 12.5. The molecule has 28 heavy (non-hydrogen) atoms. The molecule has 0 amide bonds. The Balaban J connectivity index is 0.00000280. The van der Waals surface area contributed by atoms with Crippen molar-refractivity contribution in [3.63, 3.8) is 0 Å². The van der Waals surface area contributed by atoms with E-state index in [1.807, 2.05) is 6.92 Å². The summed E-state index contributed by atoms with van der Waals surface area (Å²) >= 11 is 0. The van der Waals surface area contributed by atoms with Crippen LogP contribution in [0.15, 0.2) is 4.99 Å². The molecule has 2 N–H and O–H groups in total. The molecule has 2 unspecified atom stereocenters. The summed E-state index contributed by atoms with van der Waals surface area (Å²) in [7, 11) is 0. The predicted molar refractivity (Wildman–Crippen MR) is 117 cm³/mol. The van der Waals surface area contributed by atoms with E-state index in [9.17, 15) is 13.2 Å².